The van der Waals surface area contributed by atoms with Crippen LogP contribution in [0, 0.1) is 5.41 Å². The molecule has 2 nitrogen and oxygen atoms in total. The summed E-state index contributed by atoms with van der Waals surface area (Å²) in [7, 11) is 0. The van der Waals surface area contributed by atoms with Gasteiger partial charge in [-0.15, -0.1) is 0 Å². The van der Waals surface area contributed by atoms with Crippen LogP contribution in [0.1, 0.15) is 26.2 Å². The van der Waals surface area contributed by atoms with Crippen LogP contribution in [0.25, 0.3) is 0 Å². The fourth-order valence-corrected chi connectivity index (χ4v) is 3.04. The van der Waals surface area contributed by atoms with E-state index in [9.17, 15) is 0 Å². The van der Waals surface area contributed by atoms with E-state index in [0.29, 0.717) is 11.0 Å². The zero-order valence-electron chi connectivity index (χ0n) is 6.75. The number of aromatic nitrogens is 2. The van der Waals surface area contributed by atoms with Crippen LogP contribution in [0.2, 0.25) is 0 Å². The average Bonchev–Trinajstić information content (AvgIpc) is 2.28. The van der Waals surface area contributed by atoms with E-state index in [2.05, 4.69) is 22.7 Å². The van der Waals surface area contributed by atoms with Crippen molar-refractivity contribution in [2.24, 2.45) is 5.41 Å². The summed E-state index contributed by atoms with van der Waals surface area (Å²) in [4.78, 5) is 4.08. The minimum absolute atomic E-state index is 0.505. The van der Waals surface area contributed by atoms with Gasteiger partial charge in [0.05, 0.1) is 6.33 Å². The molecule has 3 fully saturated rings. The van der Waals surface area contributed by atoms with E-state index in [-0.39, 0.29) is 0 Å². The lowest BCUT2D eigenvalue weighted by Gasteiger charge is -2.69. The summed E-state index contributed by atoms with van der Waals surface area (Å²) in [6, 6.07) is 0. The van der Waals surface area contributed by atoms with Gasteiger partial charge in [-0.05, 0) is 24.7 Å². The highest BCUT2D eigenvalue weighted by atomic mass is 15.2. The maximum atomic E-state index is 4.08. The van der Waals surface area contributed by atoms with E-state index in [0.717, 1.165) is 0 Å². The molecule has 0 aromatic carbocycles. The summed E-state index contributed by atoms with van der Waals surface area (Å²) >= 11 is 0. The van der Waals surface area contributed by atoms with Crippen molar-refractivity contribution in [1.82, 2.24) is 9.55 Å². The third-order valence-corrected chi connectivity index (χ3v) is 3.32. The molecule has 2 heteroatoms. The van der Waals surface area contributed by atoms with Gasteiger partial charge in [0.15, 0.2) is 0 Å². The van der Waals surface area contributed by atoms with Crippen molar-refractivity contribution in [2.75, 3.05) is 0 Å². The van der Waals surface area contributed by atoms with Gasteiger partial charge in [-0.2, -0.15) is 0 Å². The zero-order chi connectivity index (χ0) is 7.53. The minimum Gasteiger partial charge on any atom is -0.331 e. The van der Waals surface area contributed by atoms with Gasteiger partial charge in [-0.1, -0.05) is 6.92 Å². The van der Waals surface area contributed by atoms with Crippen molar-refractivity contribution >= 4 is 0 Å². The minimum atomic E-state index is 0.505. The molecule has 1 aromatic rings. The topological polar surface area (TPSA) is 17.8 Å². The highest BCUT2D eigenvalue weighted by Crippen LogP contribution is 2.70. The summed E-state index contributed by atoms with van der Waals surface area (Å²) in [6.07, 6.45) is 10.0. The molecule has 0 saturated heterocycles. The molecule has 11 heavy (non-hydrogen) atoms. The van der Waals surface area contributed by atoms with Crippen LogP contribution >= 0.6 is 0 Å². The SMILES string of the molecule is CC12CC(n3ccnc3)(C1)C2. The standard InChI is InChI=1S/C9H12N2/c1-8-4-9(5-8,6-8)11-3-2-10-7-11/h2-3,7H,4-6H2,1H3. The highest BCUT2D eigenvalue weighted by molar-refractivity contribution is 5.19. The molecule has 0 aliphatic heterocycles. The number of imidazole rings is 1. The maximum absolute atomic E-state index is 4.08. The first kappa shape index (κ1) is 5.81. The van der Waals surface area contributed by atoms with Crippen molar-refractivity contribution in [3.63, 3.8) is 0 Å². The van der Waals surface area contributed by atoms with Gasteiger partial charge in [0.25, 0.3) is 0 Å². The predicted molar refractivity (Wildman–Crippen MR) is 42.2 cm³/mol. The normalized spacial score (nSPS) is 46.3. The summed E-state index contributed by atoms with van der Waals surface area (Å²) in [5.41, 5.74) is 1.20. The molecule has 2 bridgehead atoms. The number of hydrogen-bond donors (Lipinski definition) is 0. The Hall–Kier alpha value is -0.790. The lowest BCUT2D eigenvalue weighted by Crippen LogP contribution is -2.65. The molecule has 0 atom stereocenters. The lowest BCUT2D eigenvalue weighted by atomic mass is 9.40. The van der Waals surface area contributed by atoms with Crippen LogP contribution in [0.4, 0.5) is 0 Å². The second-order valence-electron chi connectivity index (χ2n) is 4.54. The van der Waals surface area contributed by atoms with E-state index < -0.39 is 0 Å². The Labute approximate surface area is 66.2 Å². The molecule has 58 valence electrons. The van der Waals surface area contributed by atoms with E-state index in [1.165, 1.54) is 19.3 Å². The van der Waals surface area contributed by atoms with Gasteiger partial charge in [-0.25, -0.2) is 4.98 Å². The van der Waals surface area contributed by atoms with Crippen molar-refractivity contribution in [1.29, 1.82) is 0 Å². The van der Waals surface area contributed by atoms with E-state index in [4.69, 9.17) is 0 Å². The first-order valence-corrected chi connectivity index (χ1v) is 4.21. The largest absolute Gasteiger partial charge is 0.331 e. The fourth-order valence-electron chi connectivity index (χ4n) is 3.04. The van der Waals surface area contributed by atoms with Crippen molar-refractivity contribution in [3.8, 4) is 0 Å². The summed E-state index contributed by atoms with van der Waals surface area (Å²) in [5, 5.41) is 0. The Morgan fingerprint density at radius 2 is 2.09 bits per heavy atom. The molecule has 0 radical (unpaired) electrons. The Kier molecular flexibility index (Phi) is 0.729. The summed E-state index contributed by atoms with van der Waals surface area (Å²) < 4.78 is 2.29. The van der Waals surface area contributed by atoms with Crippen molar-refractivity contribution < 1.29 is 0 Å². The molecule has 3 aliphatic carbocycles. The predicted octanol–water partition coefficient (Wildman–Crippen LogP) is 1.78. The quantitative estimate of drug-likeness (QED) is 0.593. The number of rotatable bonds is 1. The van der Waals surface area contributed by atoms with Crippen molar-refractivity contribution in [2.45, 2.75) is 31.7 Å². The first-order valence-electron chi connectivity index (χ1n) is 4.21. The Morgan fingerprint density at radius 3 is 2.55 bits per heavy atom. The molecule has 0 spiro atoms. The van der Waals surface area contributed by atoms with Crippen molar-refractivity contribution in [3.05, 3.63) is 18.7 Å². The Bertz CT molecular complexity index is 267. The van der Waals surface area contributed by atoms with Crippen LogP contribution in [0.3, 0.4) is 0 Å². The van der Waals surface area contributed by atoms with Gasteiger partial charge in [-0.3, -0.25) is 0 Å². The van der Waals surface area contributed by atoms with Crippen LogP contribution in [-0.4, -0.2) is 9.55 Å². The number of nitrogens with zero attached hydrogens (tertiary/aromatic N) is 2. The molecule has 3 saturated carbocycles. The van der Waals surface area contributed by atoms with Crippen LogP contribution < -0.4 is 0 Å². The van der Waals surface area contributed by atoms with E-state index in [1.54, 1.807) is 0 Å². The second-order valence-corrected chi connectivity index (χ2v) is 4.54. The second kappa shape index (κ2) is 1.38. The molecule has 3 aliphatic rings. The van der Waals surface area contributed by atoms with Crippen LogP contribution in [0.5, 0.6) is 0 Å². The molecule has 0 unspecified atom stereocenters. The van der Waals surface area contributed by atoms with E-state index in [1.807, 2.05) is 12.5 Å². The van der Waals surface area contributed by atoms with Crippen LogP contribution in [-0.2, 0) is 5.54 Å². The van der Waals surface area contributed by atoms with Gasteiger partial charge in [0, 0.05) is 17.9 Å². The van der Waals surface area contributed by atoms with Gasteiger partial charge >= 0.3 is 0 Å². The van der Waals surface area contributed by atoms with E-state index >= 15 is 0 Å². The molecule has 4 rings (SSSR count). The fraction of sp³-hybridized carbons (Fsp3) is 0.667. The summed E-state index contributed by atoms with van der Waals surface area (Å²) in [5.74, 6) is 0. The lowest BCUT2D eigenvalue weighted by molar-refractivity contribution is -0.173. The van der Waals surface area contributed by atoms with Gasteiger partial charge < -0.3 is 4.57 Å². The molecule has 1 aromatic heterocycles. The Morgan fingerprint density at radius 1 is 1.36 bits per heavy atom. The Balaban J connectivity index is 1.94. The molecule has 1 heterocycles. The number of hydrogen-bond acceptors (Lipinski definition) is 1. The molecule has 0 N–H and O–H groups in total. The summed E-state index contributed by atoms with van der Waals surface area (Å²) in [6.45, 7) is 2.38. The first-order chi connectivity index (χ1) is 5.23. The zero-order valence-corrected chi connectivity index (χ0v) is 6.75. The third-order valence-electron chi connectivity index (χ3n) is 3.32. The van der Waals surface area contributed by atoms with Gasteiger partial charge in [0.1, 0.15) is 0 Å². The highest BCUT2D eigenvalue weighted by Gasteiger charge is 2.65. The molecular formula is C9H12N2. The monoisotopic (exact) mass is 148 g/mol. The molecular weight excluding hydrogens is 136 g/mol. The van der Waals surface area contributed by atoms with Gasteiger partial charge in [0.2, 0.25) is 0 Å². The maximum Gasteiger partial charge on any atom is 0.0951 e. The third kappa shape index (κ3) is 0.525. The smallest absolute Gasteiger partial charge is 0.0951 e. The van der Waals surface area contributed by atoms with Crippen LogP contribution in [0.15, 0.2) is 18.7 Å². The molecule has 0 amide bonds. The average molecular weight is 148 g/mol.